The predicted molar refractivity (Wildman–Crippen MR) is 164 cm³/mol. The molecule has 2 saturated heterocycles. The van der Waals surface area contributed by atoms with Gasteiger partial charge in [0, 0.05) is 41.1 Å². The summed E-state index contributed by atoms with van der Waals surface area (Å²) in [5.74, 6) is -0.496. The van der Waals surface area contributed by atoms with Gasteiger partial charge < -0.3 is 15.5 Å². The van der Waals surface area contributed by atoms with Gasteiger partial charge in [0.2, 0.25) is 11.8 Å². The van der Waals surface area contributed by atoms with Crippen molar-refractivity contribution in [1.29, 1.82) is 0 Å². The van der Waals surface area contributed by atoms with Crippen LogP contribution in [0.5, 0.6) is 0 Å². The Balaban J connectivity index is 1.21. The number of fused-ring (bicyclic) bond motifs is 2. The lowest BCUT2D eigenvalue weighted by atomic mass is 9.92. The number of hydrogen-bond donors (Lipinski definition) is 2. The maximum atomic E-state index is 14.3. The summed E-state index contributed by atoms with van der Waals surface area (Å²) in [6.45, 7) is 0.751. The second-order valence-electron chi connectivity index (χ2n) is 12.3. The Labute approximate surface area is 265 Å². The monoisotopic (exact) mass is 643 g/mol. The highest BCUT2D eigenvalue weighted by Crippen LogP contribution is 2.51. The van der Waals surface area contributed by atoms with E-state index in [4.69, 9.17) is 23.2 Å². The molecule has 232 valence electrons. The van der Waals surface area contributed by atoms with E-state index >= 15 is 0 Å². The molecule has 3 atom stereocenters. The van der Waals surface area contributed by atoms with Crippen LogP contribution in [-0.2, 0) is 34.1 Å². The maximum absolute atomic E-state index is 14.3. The molecule has 3 aliphatic rings. The second kappa shape index (κ2) is 12.4. The van der Waals surface area contributed by atoms with Crippen molar-refractivity contribution in [3.8, 4) is 0 Å². The topological polar surface area (TPSA) is 61.4 Å². The molecule has 1 saturated carbocycles. The number of hydrogen-bond acceptors (Lipinski definition) is 3. The molecule has 0 aromatic heterocycles. The van der Waals surface area contributed by atoms with E-state index in [0.717, 1.165) is 44.4 Å². The molecule has 2 aliphatic heterocycles. The lowest BCUT2D eigenvalue weighted by Crippen LogP contribution is -2.58. The van der Waals surface area contributed by atoms with Gasteiger partial charge in [-0.25, -0.2) is 0 Å². The van der Waals surface area contributed by atoms with E-state index in [0.29, 0.717) is 34.0 Å². The zero-order valence-electron chi connectivity index (χ0n) is 24.0. The van der Waals surface area contributed by atoms with E-state index in [1.807, 2.05) is 23.1 Å². The van der Waals surface area contributed by atoms with Crippen LogP contribution in [0.3, 0.4) is 0 Å². The van der Waals surface area contributed by atoms with E-state index in [1.165, 1.54) is 17.7 Å². The molecule has 2 heterocycles. The van der Waals surface area contributed by atoms with E-state index in [9.17, 15) is 22.8 Å². The first-order valence-electron chi connectivity index (χ1n) is 15.1. The molecule has 2 amide bonds. The summed E-state index contributed by atoms with van der Waals surface area (Å²) in [6, 6.07) is 19.4. The van der Waals surface area contributed by atoms with Gasteiger partial charge >= 0.3 is 6.18 Å². The zero-order chi connectivity index (χ0) is 31.1. The van der Waals surface area contributed by atoms with Crippen molar-refractivity contribution >= 4 is 35.0 Å². The Morgan fingerprint density at radius 3 is 2.16 bits per heavy atom. The highest BCUT2D eigenvalue weighted by Gasteiger charge is 2.54. The number of carbonyl (C=O) groups excluding carboxylic acids is 2. The summed E-state index contributed by atoms with van der Waals surface area (Å²) < 4.78 is 39.6. The standard InChI is InChI=1S/C34H34Cl2F3N3O2/c35-24-10-13-28(29(36)17-24)33(14-15-33)32(44)41-30(16-21-6-8-23(9-7-21)34(37,38)39)31(43)42-26-11-12-27(42)19-25(18-26)40-20-22-4-2-1-3-5-22/h1-10,13,17,25-27,30,40H,11-12,14-16,18-20H2,(H,41,44). The van der Waals surface area contributed by atoms with Crippen molar-refractivity contribution in [3.63, 3.8) is 0 Å². The van der Waals surface area contributed by atoms with Crippen LogP contribution in [-0.4, -0.2) is 40.9 Å². The van der Waals surface area contributed by atoms with Gasteiger partial charge in [0.25, 0.3) is 0 Å². The molecule has 3 fully saturated rings. The van der Waals surface area contributed by atoms with Gasteiger partial charge in [0.1, 0.15) is 6.04 Å². The number of halogens is 5. The fourth-order valence-corrected chi connectivity index (χ4v) is 7.51. The minimum atomic E-state index is -4.46. The molecule has 3 aromatic carbocycles. The van der Waals surface area contributed by atoms with E-state index < -0.39 is 23.2 Å². The molecule has 44 heavy (non-hydrogen) atoms. The number of amides is 2. The Morgan fingerprint density at radius 1 is 0.909 bits per heavy atom. The molecule has 0 spiro atoms. The molecule has 2 bridgehead atoms. The number of nitrogens with zero attached hydrogens (tertiary/aromatic N) is 1. The minimum Gasteiger partial charge on any atom is -0.343 e. The van der Waals surface area contributed by atoms with Crippen molar-refractivity contribution in [2.45, 2.75) is 87.2 Å². The highest BCUT2D eigenvalue weighted by atomic mass is 35.5. The Hall–Kier alpha value is -3.07. The van der Waals surface area contributed by atoms with Crippen LogP contribution in [0.2, 0.25) is 10.0 Å². The smallest absolute Gasteiger partial charge is 0.343 e. The van der Waals surface area contributed by atoms with Gasteiger partial charge in [0.15, 0.2) is 0 Å². The van der Waals surface area contributed by atoms with Crippen LogP contribution >= 0.6 is 23.2 Å². The fourth-order valence-electron chi connectivity index (χ4n) is 6.92. The SMILES string of the molecule is O=C(C(Cc1ccc(C(F)(F)F)cc1)NC(=O)C1(c2ccc(Cl)cc2Cl)CC1)N1C2CCC1CC(NCc1ccccc1)C2. The average molecular weight is 645 g/mol. The van der Waals surface area contributed by atoms with E-state index in [-0.39, 0.29) is 36.4 Å². The molecular weight excluding hydrogens is 610 g/mol. The summed E-state index contributed by atoms with van der Waals surface area (Å²) in [7, 11) is 0. The molecule has 3 unspecified atom stereocenters. The first-order valence-corrected chi connectivity index (χ1v) is 15.8. The number of alkyl halides is 3. The molecule has 0 radical (unpaired) electrons. The molecular formula is C34H34Cl2F3N3O2. The van der Waals surface area contributed by atoms with Gasteiger partial charge in [-0.05, 0) is 79.5 Å². The molecule has 3 aromatic rings. The van der Waals surface area contributed by atoms with Crippen molar-refractivity contribution in [2.75, 3.05) is 0 Å². The van der Waals surface area contributed by atoms with Crippen molar-refractivity contribution < 1.29 is 22.8 Å². The van der Waals surface area contributed by atoms with Gasteiger partial charge in [0.05, 0.1) is 11.0 Å². The summed E-state index contributed by atoms with van der Waals surface area (Å²) >= 11 is 12.6. The van der Waals surface area contributed by atoms with Crippen LogP contribution in [0.1, 0.15) is 60.8 Å². The first-order chi connectivity index (χ1) is 21.0. The number of piperidine rings is 1. The number of carbonyl (C=O) groups is 2. The number of benzene rings is 3. The van der Waals surface area contributed by atoms with Gasteiger partial charge in [-0.15, -0.1) is 0 Å². The van der Waals surface area contributed by atoms with Gasteiger partial charge in [-0.1, -0.05) is 71.7 Å². The van der Waals surface area contributed by atoms with Crippen LogP contribution in [0.25, 0.3) is 0 Å². The number of nitrogens with one attached hydrogen (secondary N) is 2. The zero-order valence-corrected chi connectivity index (χ0v) is 25.6. The van der Waals surface area contributed by atoms with Crippen molar-refractivity contribution in [1.82, 2.24) is 15.5 Å². The van der Waals surface area contributed by atoms with Gasteiger partial charge in [-0.2, -0.15) is 13.2 Å². The molecule has 6 rings (SSSR count). The molecule has 1 aliphatic carbocycles. The Kier molecular flexibility index (Phi) is 8.70. The third kappa shape index (κ3) is 6.49. The third-order valence-electron chi connectivity index (χ3n) is 9.38. The largest absolute Gasteiger partial charge is 0.416 e. The fraction of sp³-hybridized carbons (Fsp3) is 0.412. The number of rotatable bonds is 9. The minimum absolute atomic E-state index is 0.0297. The Morgan fingerprint density at radius 2 is 1.57 bits per heavy atom. The van der Waals surface area contributed by atoms with Crippen LogP contribution < -0.4 is 10.6 Å². The van der Waals surface area contributed by atoms with Gasteiger partial charge in [-0.3, -0.25) is 9.59 Å². The normalized spacial score (nSPS) is 22.8. The average Bonchev–Trinajstić information content (AvgIpc) is 3.75. The first kappa shape index (κ1) is 30.9. The maximum Gasteiger partial charge on any atom is 0.416 e. The lowest BCUT2D eigenvalue weighted by molar-refractivity contribution is -0.141. The van der Waals surface area contributed by atoms with Crippen LogP contribution in [0, 0.1) is 0 Å². The predicted octanol–water partition coefficient (Wildman–Crippen LogP) is 7.08. The Bertz CT molecular complexity index is 1500. The highest BCUT2D eigenvalue weighted by molar-refractivity contribution is 6.35. The van der Waals surface area contributed by atoms with Crippen LogP contribution in [0.4, 0.5) is 13.2 Å². The van der Waals surface area contributed by atoms with Crippen LogP contribution in [0.15, 0.2) is 72.8 Å². The van der Waals surface area contributed by atoms with Crippen molar-refractivity contribution in [2.24, 2.45) is 0 Å². The quantitative estimate of drug-likeness (QED) is 0.262. The van der Waals surface area contributed by atoms with Crippen molar-refractivity contribution in [3.05, 3.63) is 105 Å². The van der Waals surface area contributed by atoms with E-state index in [2.05, 4.69) is 22.8 Å². The summed E-state index contributed by atoms with van der Waals surface area (Å²) in [5.41, 5.74) is 0.774. The second-order valence-corrected chi connectivity index (χ2v) is 13.1. The summed E-state index contributed by atoms with van der Waals surface area (Å²) in [6.07, 6.45) is 0.141. The molecule has 10 heteroatoms. The lowest BCUT2D eigenvalue weighted by Gasteiger charge is -2.41. The molecule has 5 nitrogen and oxygen atoms in total. The van der Waals surface area contributed by atoms with E-state index in [1.54, 1.807) is 18.2 Å². The summed E-state index contributed by atoms with van der Waals surface area (Å²) in [5, 5.41) is 7.52. The summed E-state index contributed by atoms with van der Waals surface area (Å²) in [4.78, 5) is 30.1. The third-order valence-corrected chi connectivity index (χ3v) is 9.93. The molecule has 2 N–H and O–H groups in total.